The summed E-state index contributed by atoms with van der Waals surface area (Å²) in [6, 6.07) is 0.605. The number of hydrogen-bond acceptors (Lipinski definition) is 4. The minimum absolute atomic E-state index is 0.370. The summed E-state index contributed by atoms with van der Waals surface area (Å²) < 4.78 is 5.15. The average molecular weight is 283 g/mol. The van der Waals surface area contributed by atoms with Gasteiger partial charge in [-0.15, -0.1) is 0 Å². The van der Waals surface area contributed by atoms with Gasteiger partial charge in [-0.2, -0.15) is 0 Å². The van der Waals surface area contributed by atoms with Crippen molar-refractivity contribution in [1.82, 2.24) is 16.0 Å². The second-order valence-electron chi connectivity index (χ2n) is 6.14. The van der Waals surface area contributed by atoms with Crippen molar-refractivity contribution < 1.29 is 9.53 Å². The van der Waals surface area contributed by atoms with Gasteiger partial charge in [0.1, 0.15) is 5.60 Å². The maximum atomic E-state index is 11.4. The molecule has 1 rings (SSSR count). The predicted molar refractivity (Wildman–Crippen MR) is 81.9 cm³/mol. The number of hydrogen-bond donors (Lipinski definition) is 3. The maximum Gasteiger partial charge on any atom is 0.407 e. The highest BCUT2D eigenvalue weighted by Gasteiger charge is 2.15. The van der Waals surface area contributed by atoms with Crippen molar-refractivity contribution >= 4 is 6.09 Å². The third kappa shape index (κ3) is 8.93. The molecular weight excluding hydrogens is 254 g/mol. The van der Waals surface area contributed by atoms with Gasteiger partial charge < -0.3 is 20.7 Å². The van der Waals surface area contributed by atoms with Crippen LogP contribution in [0.4, 0.5) is 4.79 Å². The molecular formula is C15H29N3O2. The maximum absolute atomic E-state index is 11.4. The summed E-state index contributed by atoms with van der Waals surface area (Å²) in [4.78, 5) is 11.4. The number of alkyl carbamates (subject to hydrolysis) is 1. The van der Waals surface area contributed by atoms with Crippen LogP contribution < -0.4 is 16.0 Å². The molecule has 0 aromatic carbocycles. The molecule has 1 aliphatic rings. The lowest BCUT2D eigenvalue weighted by molar-refractivity contribution is 0.0534. The smallest absolute Gasteiger partial charge is 0.407 e. The average Bonchev–Trinajstić information content (AvgIpc) is 2.60. The lowest BCUT2D eigenvalue weighted by Gasteiger charge is -2.19. The van der Waals surface area contributed by atoms with E-state index in [1.54, 1.807) is 0 Å². The fourth-order valence-corrected chi connectivity index (χ4v) is 2.08. The number of nitrogens with one attached hydrogen (secondary N) is 3. The van der Waals surface area contributed by atoms with E-state index in [1.807, 2.05) is 26.8 Å². The van der Waals surface area contributed by atoms with Gasteiger partial charge in [0.2, 0.25) is 0 Å². The van der Waals surface area contributed by atoms with E-state index in [2.05, 4.69) is 22.0 Å². The van der Waals surface area contributed by atoms with Crippen LogP contribution in [0.25, 0.3) is 0 Å². The van der Waals surface area contributed by atoms with Crippen LogP contribution in [0.15, 0.2) is 12.2 Å². The fraction of sp³-hybridized carbons (Fsp3) is 0.800. The summed E-state index contributed by atoms with van der Waals surface area (Å²) in [5, 5.41) is 9.62. The molecule has 1 amide bonds. The molecule has 0 aromatic rings. The van der Waals surface area contributed by atoms with Gasteiger partial charge >= 0.3 is 6.09 Å². The molecule has 116 valence electrons. The quantitative estimate of drug-likeness (QED) is 0.673. The second kappa shape index (κ2) is 8.97. The SMILES string of the molecule is CC(C)(C)OC(=O)NC/C=C/CNC1CCCNCC1. The molecule has 0 aromatic heterocycles. The van der Waals surface area contributed by atoms with Crippen molar-refractivity contribution in [2.45, 2.75) is 51.7 Å². The van der Waals surface area contributed by atoms with Crippen molar-refractivity contribution in [3.63, 3.8) is 0 Å². The molecule has 1 aliphatic heterocycles. The Bertz CT molecular complexity index is 303. The summed E-state index contributed by atoms with van der Waals surface area (Å²) in [5.74, 6) is 0. The molecule has 1 fully saturated rings. The van der Waals surface area contributed by atoms with Crippen LogP contribution in [0.2, 0.25) is 0 Å². The Kier molecular flexibility index (Phi) is 7.62. The molecule has 0 spiro atoms. The van der Waals surface area contributed by atoms with Crippen molar-refractivity contribution in [3.8, 4) is 0 Å². The molecule has 5 nitrogen and oxygen atoms in total. The van der Waals surface area contributed by atoms with Crippen LogP contribution in [0.3, 0.4) is 0 Å². The predicted octanol–water partition coefficient (Wildman–Crippen LogP) is 1.80. The first-order valence-corrected chi connectivity index (χ1v) is 7.53. The van der Waals surface area contributed by atoms with Crippen LogP contribution in [-0.2, 0) is 4.74 Å². The Morgan fingerprint density at radius 1 is 1.25 bits per heavy atom. The molecule has 20 heavy (non-hydrogen) atoms. The third-order valence-corrected chi connectivity index (χ3v) is 3.03. The van der Waals surface area contributed by atoms with E-state index in [0.717, 1.165) is 19.6 Å². The number of carbonyl (C=O) groups excluding carboxylic acids is 1. The number of rotatable bonds is 5. The van der Waals surface area contributed by atoms with E-state index in [-0.39, 0.29) is 6.09 Å². The first-order chi connectivity index (χ1) is 9.47. The number of carbonyl (C=O) groups is 1. The monoisotopic (exact) mass is 283 g/mol. The number of amides is 1. The topological polar surface area (TPSA) is 62.4 Å². The summed E-state index contributed by atoms with van der Waals surface area (Å²) in [6.45, 7) is 9.15. The molecule has 0 bridgehead atoms. The van der Waals surface area contributed by atoms with E-state index in [9.17, 15) is 4.79 Å². The van der Waals surface area contributed by atoms with Gasteiger partial charge in [0.05, 0.1) is 0 Å². The van der Waals surface area contributed by atoms with Gasteiger partial charge in [0, 0.05) is 19.1 Å². The lowest BCUT2D eigenvalue weighted by atomic mass is 10.1. The Balaban J connectivity index is 2.05. The van der Waals surface area contributed by atoms with Crippen LogP contribution in [0.5, 0.6) is 0 Å². The van der Waals surface area contributed by atoms with Gasteiger partial charge in [-0.05, 0) is 53.1 Å². The molecule has 0 aliphatic carbocycles. The molecule has 1 unspecified atom stereocenters. The van der Waals surface area contributed by atoms with Crippen molar-refractivity contribution in [2.75, 3.05) is 26.2 Å². The Labute approximate surface area is 122 Å². The van der Waals surface area contributed by atoms with Crippen LogP contribution in [0.1, 0.15) is 40.0 Å². The normalized spacial score (nSPS) is 20.6. The summed E-state index contributed by atoms with van der Waals surface area (Å²) in [7, 11) is 0. The van der Waals surface area contributed by atoms with Crippen LogP contribution in [0, 0.1) is 0 Å². The minimum Gasteiger partial charge on any atom is -0.444 e. The standard InChI is InChI=1S/C15H29N3O2/c1-15(2,3)20-14(19)18-11-5-4-10-17-13-7-6-9-16-12-8-13/h4-5,13,16-17H,6-12H2,1-3H3,(H,18,19)/b5-4+. The van der Waals surface area contributed by atoms with Crippen molar-refractivity contribution in [2.24, 2.45) is 0 Å². The molecule has 3 N–H and O–H groups in total. The number of ether oxygens (including phenoxy) is 1. The zero-order valence-corrected chi connectivity index (χ0v) is 13.0. The van der Waals surface area contributed by atoms with E-state index in [1.165, 1.54) is 19.3 Å². The third-order valence-electron chi connectivity index (χ3n) is 3.03. The molecule has 0 saturated carbocycles. The van der Waals surface area contributed by atoms with Gasteiger partial charge in [0.15, 0.2) is 0 Å². The summed E-state index contributed by atoms with van der Waals surface area (Å²) in [6.07, 6.45) is 7.29. The lowest BCUT2D eigenvalue weighted by Crippen LogP contribution is -2.32. The zero-order valence-electron chi connectivity index (χ0n) is 13.0. The Hall–Kier alpha value is -1.07. The van der Waals surface area contributed by atoms with Gasteiger partial charge in [0.25, 0.3) is 0 Å². The Morgan fingerprint density at radius 2 is 2.00 bits per heavy atom. The van der Waals surface area contributed by atoms with Gasteiger partial charge in [-0.3, -0.25) is 0 Å². The molecule has 0 radical (unpaired) electrons. The molecule has 1 atom stereocenters. The largest absolute Gasteiger partial charge is 0.444 e. The van der Waals surface area contributed by atoms with E-state index < -0.39 is 5.60 Å². The molecule has 1 heterocycles. The van der Waals surface area contributed by atoms with Crippen molar-refractivity contribution in [1.29, 1.82) is 0 Å². The van der Waals surface area contributed by atoms with Crippen LogP contribution in [-0.4, -0.2) is 43.9 Å². The van der Waals surface area contributed by atoms with Crippen molar-refractivity contribution in [3.05, 3.63) is 12.2 Å². The molecule has 1 saturated heterocycles. The summed E-state index contributed by atoms with van der Waals surface area (Å²) in [5.41, 5.74) is -0.442. The van der Waals surface area contributed by atoms with E-state index >= 15 is 0 Å². The van der Waals surface area contributed by atoms with Gasteiger partial charge in [-0.1, -0.05) is 12.2 Å². The second-order valence-corrected chi connectivity index (χ2v) is 6.14. The van der Waals surface area contributed by atoms with Crippen LogP contribution >= 0.6 is 0 Å². The van der Waals surface area contributed by atoms with E-state index in [0.29, 0.717) is 12.6 Å². The minimum atomic E-state index is -0.442. The highest BCUT2D eigenvalue weighted by Crippen LogP contribution is 2.06. The summed E-state index contributed by atoms with van der Waals surface area (Å²) >= 11 is 0. The first-order valence-electron chi connectivity index (χ1n) is 7.53. The molecule has 5 heteroatoms. The highest BCUT2D eigenvalue weighted by molar-refractivity contribution is 5.67. The zero-order chi connectivity index (χ0) is 14.8. The first kappa shape index (κ1) is 17.0. The fourth-order valence-electron chi connectivity index (χ4n) is 2.08. The van der Waals surface area contributed by atoms with E-state index in [4.69, 9.17) is 4.74 Å². The highest BCUT2D eigenvalue weighted by atomic mass is 16.6. The van der Waals surface area contributed by atoms with Gasteiger partial charge in [-0.25, -0.2) is 4.79 Å². The Morgan fingerprint density at radius 3 is 2.75 bits per heavy atom.